The molecule has 0 aliphatic carbocycles. The Labute approximate surface area is 182 Å². The second kappa shape index (κ2) is 9.34. The molecule has 2 aliphatic rings. The Morgan fingerprint density at radius 3 is 2.84 bits per heavy atom. The third kappa shape index (κ3) is 4.59. The maximum absolute atomic E-state index is 6.14. The van der Waals surface area contributed by atoms with Gasteiger partial charge in [-0.3, -0.25) is 4.98 Å². The molecule has 3 aromatic rings. The highest BCUT2D eigenvalue weighted by atomic mass is 16.5. The molecule has 4 heterocycles. The smallest absolute Gasteiger partial charge is 0.150 e. The normalized spacial score (nSPS) is 23.0. The summed E-state index contributed by atoms with van der Waals surface area (Å²) in [6, 6.07) is 8.32. The molecule has 7 heteroatoms. The summed E-state index contributed by atoms with van der Waals surface area (Å²) in [4.78, 5) is 4.48. The number of fused-ring (bicyclic) bond motifs is 4. The first-order valence-electron chi connectivity index (χ1n) is 11.2. The van der Waals surface area contributed by atoms with Crippen LogP contribution in [0.15, 0.2) is 36.7 Å². The van der Waals surface area contributed by atoms with E-state index in [1.54, 1.807) is 0 Å². The molecular weight excluding hydrogens is 394 g/mol. The van der Waals surface area contributed by atoms with Gasteiger partial charge in [0.05, 0.1) is 31.9 Å². The number of pyridine rings is 1. The third-order valence-corrected chi connectivity index (χ3v) is 5.77. The summed E-state index contributed by atoms with van der Waals surface area (Å²) in [5.74, 6) is 0.807. The van der Waals surface area contributed by atoms with Crippen LogP contribution in [0.5, 0.6) is 5.75 Å². The predicted octanol–water partition coefficient (Wildman–Crippen LogP) is 4.15. The highest BCUT2D eigenvalue weighted by Crippen LogP contribution is 2.35. The van der Waals surface area contributed by atoms with Crippen molar-refractivity contribution >= 4 is 10.9 Å². The van der Waals surface area contributed by atoms with Gasteiger partial charge in [0.25, 0.3) is 0 Å². The van der Waals surface area contributed by atoms with Crippen LogP contribution >= 0.6 is 0 Å². The number of nitrogens with zero attached hydrogens (tertiary/aromatic N) is 3. The fourth-order valence-electron chi connectivity index (χ4n) is 4.22. The summed E-state index contributed by atoms with van der Waals surface area (Å²) in [6.45, 7) is 5.08. The Morgan fingerprint density at radius 2 is 1.94 bits per heavy atom. The Bertz CT molecular complexity index is 1030. The Kier molecular flexibility index (Phi) is 6.15. The average Bonchev–Trinajstić information content (AvgIpc) is 3.17. The molecule has 7 nitrogen and oxygen atoms in total. The lowest BCUT2D eigenvalue weighted by molar-refractivity contribution is -0.0365. The molecule has 164 valence electrons. The molecule has 0 radical (unpaired) electrons. The molecule has 2 aliphatic heterocycles. The molecule has 2 atom stereocenters. The van der Waals surface area contributed by atoms with Gasteiger partial charge < -0.3 is 18.9 Å². The predicted molar refractivity (Wildman–Crippen MR) is 117 cm³/mol. The molecule has 2 aromatic heterocycles. The number of rotatable bonds is 1. The van der Waals surface area contributed by atoms with Crippen LogP contribution in [0.2, 0.25) is 0 Å². The van der Waals surface area contributed by atoms with Crippen molar-refractivity contribution in [3.8, 4) is 17.0 Å². The van der Waals surface area contributed by atoms with E-state index in [4.69, 9.17) is 24.0 Å². The number of benzene rings is 1. The van der Waals surface area contributed by atoms with Crippen molar-refractivity contribution in [3.05, 3.63) is 42.2 Å². The highest BCUT2D eigenvalue weighted by Gasteiger charge is 2.22. The van der Waals surface area contributed by atoms with E-state index in [0.29, 0.717) is 26.4 Å². The first-order chi connectivity index (χ1) is 15.3. The fraction of sp³-hybridized carbons (Fsp3) is 0.500. The van der Waals surface area contributed by atoms with E-state index in [2.05, 4.69) is 23.2 Å². The monoisotopic (exact) mass is 423 g/mol. The first kappa shape index (κ1) is 20.4. The van der Waals surface area contributed by atoms with E-state index in [1.807, 2.05) is 30.1 Å². The van der Waals surface area contributed by atoms with Crippen LogP contribution in [0.4, 0.5) is 0 Å². The van der Waals surface area contributed by atoms with Gasteiger partial charge in [0.1, 0.15) is 17.5 Å². The molecular formula is C24H29N3O4. The number of aromatic nitrogens is 3. The SMILES string of the molecule is C[C@H]1COCCOCCc2cncc(c2)-c2nn(C3CCCCO3)c3ccc(cc23)O1. The third-order valence-electron chi connectivity index (χ3n) is 5.77. The molecule has 0 N–H and O–H groups in total. The first-order valence-corrected chi connectivity index (χ1v) is 11.2. The van der Waals surface area contributed by atoms with E-state index < -0.39 is 0 Å². The Balaban J connectivity index is 1.60. The zero-order valence-corrected chi connectivity index (χ0v) is 18.0. The maximum atomic E-state index is 6.14. The second-order valence-corrected chi connectivity index (χ2v) is 8.24. The molecule has 31 heavy (non-hydrogen) atoms. The van der Waals surface area contributed by atoms with E-state index >= 15 is 0 Å². The topological polar surface area (TPSA) is 67.6 Å². The van der Waals surface area contributed by atoms with Crippen LogP contribution in [0.1, 0.15) is 38.0 Å². The van der Waals surface area contributed by atoms with Crippen LogP contribution in [0.25, 0.3) is 22.2 Å². The van der Waals surface area contributed by atoms with Gasteiger partial charge in [0.15, 0.2) is 6.23 Å². The average molecular weight is 424 g/mol. The van der Waals surface area contributed by atoms with Crippen molar-refractivity contribution in [2.24, 2.45) is 0 Å². The quantitative estimate of drug-likeness (QED) is 0.586. The minimum absolute atomic E-state index is 0.0391. The zero-order valence-electron chi connectivity index (χ0n) is 18.0. The summed E-state index contributed by atoms with van der Waals surface area (Å²) < 4.78 is 25.6. The molecule has 5 rings (SSSR count). The fourth-order valence-corrected chi connectivity index (χ4v) is 4.22. The largest absolute Gasteiger partial charge is 0.488 e. The lowest BCUT2D eigenvalue weighted by Gasteiger charge is -2.23. The van der Waals surface area contributed by atoms with Gasteiger partial charge in [-0.05, 0) is 62.4 Å². The van der Waals surface area contributed by atoms with Crippen LogP contribution in [0.3, 0.4) is 0 Å². The van der Waals surface area contributed by atoms with Gasteiger partial charge in [-0.15, -0.1) is 0 Å². The summed E-state index contributed by atoms with van der Waals surface area (Å²) in [5.41, 5.74) is 4.08. The standard InChI is InChI=1S/C24H29N3O4/c1-17-16-29-11-10-28-9-7-18-12-19(15-25-14-18)24-21-13-20(31-17)5-6-22(21)27(26-24)23-4-2-3-8-30-23/h5-6,12-15,17,23H,2-4,7-11,16H2,1H3/t17-,23?/m0/s1. The van der Waals surface area contributed by atoms with Crippen LogP contribution < -0.4 is 4.74 Å². The summed E-state index contributed by atoms with van der Waals surface area (Å²) in [7, 11) is 0. The molecule has 1 saturated heterocycles. The number of hydrogen-bond donors (Lipinski definition) is 0. The zero-order chi connectivity index (χ0) is 21.0. The molecule has 1 aromatic carbocycles. The van der Waals surface area contributed by atoms with Gasteiger partial charge in [-0.1, -0.05) is 0 Å². The minimum atomic E-state index is -0.0597. The molecule has 4 bridgehead atoms. The molecule has 1 fully saturated rings. The Hall–Kier alpha value is -2.48. The molecule has 1 unspecified atom stereocenters. The highest BCUT2D eigenvalue weighted by molar-refractivity contribution is 5.94. The van der Waals surface area contributed by atoms with Crippen molar-refractivity contribution in [3.63, 3.8) is 0 Å². The van der Waals surface area contributed by atoms with Crippen molar-refractivity contribution in [2.45, 2.75) is 44.9 Å². The van der Waals surface area contributed by atoms with Crippen molar-refractivity contribution in [1.29, 1.82) is 0 Å². The van der Waals surface area contributed by atoms with Gasteiger partial charge in [0.2, 0.25) is 0 Å². The molecule has 0 spiro atoms. The van der Waals surface area contributed by atoms with Crippen molar-refractivity contribution < 1.29 is 18.9 Å². The summed E-state index contributed by atoms with van der Waals surface area (Å²) in [5, 5.41) is 6.06. The van der Waals surface area contributed by atoms with Gasteiger partial charge in [0, 0.05) is 30.0 Å². The minimum Gasteiger partial charge on any atom is -0.488 e. The van der Waals surface area contributed by atoms with Crippen LogP contribution in [-0.4, -0.2) is 53.9 Å². The molecule has 0 saturated carbocycles. The van der Waals surface area contributed by atoms with E-state index in [9.17, 15) is 0 Å². The lowest BCUT2D eigenvalue weighted by Crippen LogP contribution is -2.21. The number of ether oxygens (including phenoxy) is 4. The summed E-state index contributed by atoms with van der Waals surface area (Å²) in [6.07, 6.45) is 7.70. The molecule has 0 amide bonds. The number of hydrogen-bond acceptors (Lipinski definition) is 6. The van der Waals surface area contributed by atoms with Gasteiger partial charge in [-0.25, -0.2) is 4.68 Å². The van der Waals surface area contributed by atoms with E-state index in [-0.39, 0.29) is 12.3 Å². The van der Waals surface area contributed by atoms with E-state index in [1.165, 1.54) is 0 Å². The lowest BCUT2D eigenvalue weighted by atomic mass is 10.1. The van der Waals surface area contributed by atoms with Gasteiger partial charge >= 0.3 is 0 Å². The summed E-state index contributed by atoms with van der Waals surface area (Å²) >= 11 is 0. The van der Waals surface area contributed by atoms with Crippen LogP contribution in [-0.2, 0) is 20.6 Å². The van der Waals surface area contributed by atoms with Crippen molar-refractivity contribution in [1.82, 2.24) is 14.8 Å². The van der Waals surface area contributed by atoms with E-state index in [0.717, 1.165) is 65.8 Å². The second-order valence-electron chi connectivity index (χ2n) is 8.24. The Morgan fingerprint density at radius 1 is 1.00 bits per heavy atom. The maximum Gasteiger partial charge on any atom is 0.150 e. The van der Waals surface area contributed by atoms with Gasteiger partial charge in [-0.2, -0.15) is 5.10 Å². The van der Waals surface area contributed by atoms with Crippen molar-refractivity contribution in [2.75, 3.05) is 33.0 Å². The van der Waals surface area contributed by atoms with Crippen LogP contribution in [0, 0.1) is 0 Å².